The monoisotopic (exact) mass is 177 g/mol. The van der Waals surface area contributed by atoms with E-state index in [0.29, 0.717) is 5.65 Å². The van der Waals surface area contributed by atoms with Crippen molar-refractivity contribution in [1.82, 2.24) is 14.6 Å². The Morgan fingerprint density at radius 1 is 1.62 bits per heavy atom. The summed E-state index contributed by atoms with van der Waals surface area (Å²) >= 11 is 0. The van der Waals surface area contributed by atoms with Gasteiger partial charge in [-0.15, -0.1) is 5.10 Å². The van der Waals surface area contributed by atoms with Crippen LogP contribution in [0, 0.1) is 6.92 Å². The predicted octanol–water partition coefficient (Wildman–Crippen LogP) is 0.736. The number of rotatable bonds is 1. The molecule has 0 radical (unpaired) electrons. The molecule has 5 nitrogen and oxygen atoms in total. The minimum atomic E-state index is -1.11. The molecule has 0 amide bonds. The number of aromatic carboxylic acids is 1. The van der Waals surface area contributed by atoms with Gasteiger partial charge in [0.2, 0.25) is 0 Å². The van der Waals surface area contributed by atoms with E-state index in [1.807, 2.05) is 13.0 Å². The molecule has 0 aliphatic rings. The summed E-state index contributed by atoms with van der Waals surface area (Å²) in [6.45, 7) is 1.91. The van der Waals surface area contributed by atoms with Gasteiger partial charge in [0.25, 0.3) is 5.82 Å². The molecule has 0 bridgehead atoms. The molecule has 0 atom stereocenters. The summed E-state index contributed by atoms with van der Waals surface area (Å²) in [4.78, 5) is 14.3. The second kappa shape index (κ2) is 2.55. The molecule has 0 aliphatic carbocycles. The first kappa shape index (κ1) is 7.72. The number of aryl methyl sites for hydroxylation is 1. The van der Waals surface area contributed by atoms with Gasteiger partial charge >= 0.3 is 5.97 Å². The van der Waals surface area contributed by atoms with E-state index in [1.54, 1.807) is 12.3 Å². The van der Waals surface area contributed by atoms with Crippen molar-refractivity contribution in [3.63, 3.8) is 0 Å². The lowest BCUT2D eigenvalue weighted by atomic mass is 10.3. The van der Waals surface area contributed by atoms with Crippen LogP contribution in [0.2, 0.25) is 0 Å². The highest BCUT2D eigenvalue weighted by atomic mass is 16.4. The topological polar surface area (TPSA) is 67.5 Å². The number of carbonyl (C=O) groups is 1. The predicted molar refractivity (Wildman–Crippen MR) is 44.7 cm³/mol. The number of pyridine rings is 1. The Bertz CT molecular complexity index is 475. The average molecular weight is 177 g/mol. The van der Waals surface area contributed by atoms with E-state index in [-0.39, 0.29) is 5.82 Å². The van der Waals surface area contributed by atoms with Crippen molar-refractivity contribution in [1.29, 1.82) is 0 Å². The molecule has 0 spiro atoms. The Balaban J connectivity index is 2.68. The van der Waals surface area contributed by atoms with Gasteiger partial charge < -0.3 is 5.11 Å². The van der Waals surface area contributed by atoms with Gasteiger partial charge in [0.15, 0.2) is 5.65 Å². The van der Waals surface area contributed by atoms with E-state index >= 15 is 0 Å². The van der Waals surface area contributed by atoms with Gasteiger partial charge in [-0.2, -0.15) is 0 Å². The van der Waals surface area contributed by atoms with Gasteiger partial charge in [0, 0.05) is 6.20 Å². The lowest BCUT2D eigenvalue weighted by Crippen LogP contribution is -1.98. The Morgan fingerprint density at radius 3 is 3.08 bits per heavy atom. The zero-order chi connectivity index (χ0) is 9.42. The van der Waals surface area contributed by atoms with Crippen molar-refractivity contribution < 1.29 is 9.90 Å². The summed E-state index contributed by atoms with van der Waals surface area (Å²) < 4.78 is 1.44. The maximum atomic E-state index is 10.5. The lowest BCUT2D eigenvalue weighted by Gasteiger charge is -1.90. The van der Waals surface area contributed by atoms with E-state index in [4.69, 9.17) is 5.11 Å². The molecule has 0 aromatic carbocycles. The summed E-state index contributed by atoms with van der Waals surface area (Å²) in [5.74, 6) is -1.29. The van der Waals surface area contributed by atoms with Crippen molar-refractivity contribution >= 4 is 11.6 Å². The summed E-state index contributed by atoms with van der Waals surface area (Å²) in [6.07, 6.45) is 1.68. The van der Waals surface area contributed by atoms with Crippen molar-refractivity contribution in [2.24, 2.45) is 0 Å². The number of nitrogens with zero attached hydrogens (tertiary/aromatic N) is 3. The van der Waals surface area contributed by atoms with Gasteiger partial charge in [-0.25, -0.2) is 14.3 Å². The Morgan fingerprint density at radius 2 is 2.38 bits per heavy atom. The van der Waals surface area contributed by atoms with E-state index in [9.17, 15) is 4.79 Å². The average Bonchev–Trinajstić information content (AvgIpc) is 2.46. The van der Waals surface area contributed by atoms with Crippen molar-refractivity contribution in [2.45, 2.75) is 6.92 Å². The molecule has 2 rings (SSSR count). The molecule has 0 unspecified atom stereocenters. The fraction of sp³-hybridized carbons (Fsp3) is 0.125. The van der Waals surface area contributed by atoms with Crippen LogP contribution in [0.1, 0.15) is 16.2 Å². The number of fused-ring (bicyclic) bond motifs is 1. The zero-order valence-corrected chi connectivity index (χ0v) is 6.93. The van der Waals surface area contributed by atoms with Crippen molar-refractivity contribution in [3.05, 3.63) is 29.7 Å². The number of hydrogen-bond acceptors (Lipinski definition) is 3. The molecule has 13 heavy (non-hydrogen) atoms. The standard InChI is InChI=1S/C8H7N3O2/c1-5-2-3-11-6(4-5)9-7(10-11)8(12)13/h2-4H,1H3,(H,12,13). The molecule has 0 aliphatic heterocycles. The quantitative estimate of drug-likeness (QED) is 0.697. The SMILES string of the molecule is Cc1ccn2nc(C(=O)O)nc2c1. The molecule has 5 heteroatoms. The number of carboxylic acid groups (broad SMARTS) is 1. The third kappa shape index (κ3) is 1.24. The maximum absolute atomic E-state index is 10.5. The minimum absolute atomic E-state index is 0.175. The van der Waals surface area contributed by atoms with Gasteiger partial charge in [0.1, 0.15) is 0 Å². The van der Waals surface area contributed by atoms with Crippen LogP contribution in [-0.4, -0.2) is 25.7 Å². The highest BCUT2D eigenvalue weighted by molar-refractivity contribution is 5.83. The van der Waals surface area contributed by atoms with Gasteiger partial charge in [-0.3, -0.25) is 0 Å². The Hall–Kier alpha value is -1.91. The van der Waals surface area contributed by atoms with E-state index in [0.717, 1.165) is 5.56 Å². The van der Waals surface area contributed by atoms with Crippen molar-refractivity contribution in [3.8, 4) is 0 Å². The van der Waals surface area contributed by atoms with Crippen LogP contribution < -0.4 is 0 Å². The van der Waals surface area contributed by atoms with Gasteiger partial charge in [-0.05, 0) is 24.6 Å². The van der Waals surface area contributed by atoms with Crippen molar-refractivity contribution in [2.75, 3.05) is 0 Å². The molecule has 0 fully saturated rings. The third-order valence-corrected chi connectivity index (χ3v) is 1.68. The van der Waals surface area contributed by atoms with Crippen LogP contribution in [0.4, 0.5) is 0 Å². The van der Waals surface area contributed by atoms with Crippen LogP contribution in [0.15, 0.2) is 18.3 Å². The molecule has 2 aromatic heterocycles. The molecular weight excluding hydrogens is 170 g/mol. The number of carboxylic acids is 1. The summed E-state index contributed by atoms with van der Waals surface area (Å²) in [6, 6.07) is 3.62. The molecular formula is C8H7N3O2. The summed E-state index contributed by atoms with van der Waals surface area (Å²) in [7, 11) is 0. The molecule has 2 aromatic rings. The number of hydrogen-bond donors (Lipinski definition) is 1. The first-order chi connectivity index (χ1) is 6.16. The minimum Gasteiger partial charge on any atom is -0.475 e. The maximum Gasteiger partial charge on any atom is 0.375 e. The molecule has 0 saturated heterocycles. The Kier molecular flexibility index (Phi) is 1.51. The first-order valence-corrected chi connectivity index (χ1v) is 3.73. The first-order valence-electron chi connectivity index (χ1n) is 3.73. The molecule has 66 valence electrons. The smallest absolute Gasteiger partial charge is 0.375 e. The normalized spacial score (nSPS) is 10.5. The fourth-order valence-electron chi connectivity index (χ4n) is 1.07. The fourth-order valence-corrected chi connectivity index (χ4v) is 1.07. The summed E-state index contributed by atoms with van der Waals surface area (Å²) in [5, 5.41) is 12.4. The second-order valence-electron chi connectivity index (χ2n) is 2.75. The van der Waals surface area contributed by atoms with Crippen LogP contribution >= 0.6 is 0 Å². The molecule has 1 N–H and O–H groups in total. The molecule has 2 heterocycles. The molecule has 0 saturated carbocycles. The van der Waals surface area contributed by atoms with Crippen LogP contribution in [0.25, 0.3) is 5.65 Å². The number of aromatic nitrogens is 3. The highest BCUT2D eigenvalue weighted by Gasteiger charge is 2.09. The zero-order valence-electron chi connectivity index (χ0n) is 6.93. The van der Waals surface area contributed by atoms with E-state index in [1.165, 1.54) is 4.52 Å². The van der Waals surface area contributed by atoms with Crippen LogP contribution in [-0.2, 0) is 0 Å². The van der Waals surface area contributed by atoms with Crippen LogP contribution in [0.3, 0.4) is 0 Å². The third-order valence-electron chi connectivity index (χ3n) is 1.68. The second-order valence-corrected chi connectivity index (χ2v) is 2.75. The lowest BCUT2D eigenvalue weighted by molar-refractivity contribution is 0.0684. The van der Waals surface area contributed by atoms with Gasteiger partial charge in [-0.1, -0.05) is 0 Å². The Labute approximate surface area is 73.6 Å². The van der Waals surface area contributed by atoms with E-state index < -0.39 is 5.97 Å². The highest BCUT2D eigenvalue weighted by Crippen LogP contribution is 2.04. The summed E-state index contributed by atoms with van der Waals surface area (Å²) in [5.41, 5.74) is 1.58. The van der Waals surface area contributed by atoms with Crippen LogP contribution in [0.5, 0.6) is 0 Å². The largest absolute Gasteiger partial charge is 0.475 e. The van der Waals surface area contributed by atoms with Gasteiger partial charge in [0.05, 0.1) is 0 Å². The van der Waals surface area contributed by atoms with E-state index in [2.05, 4.69) is 10.1 Å².